The number of alkyl halides is 6. The predicted molar refractivity (Wildman–Crippen MR) is 94.1 cm³/mol. The van der Waals surface area contributed by atoms with E-state index in [4.69, 9.17) is 0 Å². The van der Waals surface area contributed by atoms with Crippen molar-refractivity contribution in [2.75, 3.05) is 18.9 Å². The highest BCUT2D eigenvalue weighted by Gasteiger charge is 2.43. The number of pyridine rings is 1. The van der Waals surface area contributed by atoms with Crippen molar-refractivity contribution in [1.29, 1.82) is 0 Å². The van der Waals surface area contributed by atoms with Gasteiger partial charge in [-0.2, -0.15) is 26.3 Å². The number of hydrogen-bond donors (Lipinski definition) is 2. The second kappa shape index (κ2) is 7.82. The minimum Gasteiger partial charge on any atom is -0.360 e. The van der Waals surface area contributed by atoms with Gasteiger partial charge in [-0.15, -0.1) is 0 Å². The van der Waals surface area contributed by atoms with Crippen molar-refractivity contribution in [3.63, 3.8) is 0 Å². The van der Waals surface area contributed by atoms with Crippen molar-refractivity contribution in [2.45, 2.75) is 18.4 Å². The Balaban J connectivity index is 2.05. The Kier molecular flexibility index (Phi) is 5.60. The van der Waals surface area contributed by atoms with Crippen LogP contribution in [0.25, 0.3) is 11.0 Å². The first-order valence-electron chi connectivity index (χ1n) is 8.36. The van der Waals surface area contributed by atoms with Gasteiger partial charge >= 0.3 is 12.4 Å². The minimum atomic E-state index is -5.16. The summed E-state index contributed by atoms with van der Waals surface area (Å²) in [6.45, 7) is 0.126. The standard InChI is InChI=1S/C18H15F6N5/c1-25-8-14(29-16-15-13(27-9-28-16)3-2-6-26-15)10-4-5-11(17(19,20)21)12(7-10)18(22,23)24/h2-7,9,14,25H,8H2,1H3,(H,27,28,29). The van der Waals surface area contributed by atoms with Gasteiger partial charge < -0.3 is 10.6 Å². The fourth-order valence-corrected chi connectivity index (χ4v) is 2.88. The van der Waals surface area contributed by atoms with Crippen molar-refractivity contribution in [2.24, 2.45) is 0 Å². The number of halogens is 6. The lowest BCUT2D eigenvalue weighted by Crippen LogP contribution is -2.25. The zero-order chi connectivity index (χ0) is 21.2. The number of nitrogens with one attached hydrogen (secondary N) is 2. The smallest absolute Gasteiger partial charge is 0.360 e. The van der Waals surface area contributed by atoms with Gasteiger partial charge in [0.1, 0.15) is 11.8 Å². The Morgan fingerprint density at radius 3 is 2.31 bits per heavy atom. The van der Waals surface area contributed by atoms with Gasteiger partial charge in [0.15, 0.2) is 5.82 Å². The summed E-state index contributed by atoms with van der Waals surface area (Å²) in [4.78, 5) is 12.3. The Bertz CT molecular complexity index is 997. The molecule has 2 N–H and O–H groups in total. The molecular formula is C18H15F6N5. The van der Waals surface area contributed by atoms with E-state index in [1.165, 1.54) is 12.5 Å². The van der Waals surface area contributed by atoms with Crippen LogP contribution in [0, 0.1) is 0 Å². The number of anilines is 1. The third-order valence-corrected chi connectivity index (χ3v) is 4.17. The number of hydrogen-bond acceptors (Lipinski definition) is 5. The molecule has 0 aliphatic heterocycles. The number of benzene rings is 1. The SMILES string of the molecule is CNCC(Nc1ncnc2cccnc12)c1ccc(C(F)(F)F)c(C(F)(F)F)c1. The van der Waals surface area contributed by atoms with E-state index in [-0.39, 0.29) is 17.9 Å². The molecule has 0 fully saturated rings. The van der Waals surface area contributed by atoms with E-state index in [1.807, 2.05) is 0 Å². The molecule has 1 atom stereocenters. The molecule has 0 aliphatic rings. The number of fused-ring (bicyclic) bond motifs is 1. The summed E-state index contributed by atoms with van der Waals surface area (Å²) in [5.74, 6) is 0.254. The first-order chi connectivity index (χ1) is 13.6. The average molecular weight is 415 g/mol. The molecule has 1 unspecified atom stereocenters. The molecule has 2 heterocycles. The second-order valence-corrected chi connectivity index (χ2v) is 6.15. The molecule has 0 aliphatic carbocycles. The number of nitrogens with zero attached hydrogens (tertiary/aromatic N) is 3. The molecule has 0 spiro atoms. The van der Waals surface area contributed by atoms with Crippen LogP contribution in [-0.4, -0.2) is 28.5 Å². The van der Waals surface area contributed by atoms with Gasteiger partial charge in [0.2, 0.25) is 0 Å². The van der Waals surface area contributed by atoms with Gasteiger partial charge in [-0.25, -0.2) is 9.97 Å². The van der Waals surface area contributed by atoms with E-state index < -0.39 is 29.5 Å². The molecule has 0 amide bonds. The van der Waals surface area contributed by atoms with Crippen LogP contribution in [-0.2, 0) is 12.4 Å². The van der Waals surface area contributed by atoms with Crippen LogP contribution in [0.15, 0.2) is 42.9 Å². The summed E-state index contributed by atoms with van der Waals surface area (Å²) in [5, 5.41) is 5.76. The zero-order valence-electron chi connectivity index (χ0n) is 14.9. The number of aromatic nitrogens is 3. The maximum absolute atomic E-state index is 13.3. The van der Waals surface area contributed by atoms with Gasteiger partial charge in [0.05, 0.1) is 22.7 Å². The van der Waals surface area contributed by atoms with Crippen LogP contribution in [0.5, 0.6) is 0 Å². The molecule has 3 rings (SSSR count). The highest BCUT2D eigenvalue weighted by molar-refractivity contribution is 5.84. The lowest BCUT2D eigenvalue weighted by molar-refractivity contribution is -0.162. The quantitative estimate of drug-likeness (QED) is 0.604. The summed E-state index contributed by atoms with van der Waals surface area (Å²) in [6, 6.07) is 4.51. The van der Waals surface area contributed by atoms with E-state index in [0.29, 0.717) is 23.2 Å². The van der Waals surface area contributed by atoms with Crippen molar-refractivity contribution >= 4 is 16.9 Å². The van der Waals surface area contributed by atoms with Gasteiger partial charge in [-0.05, 0) is 36.9 Å². The van der Waals surface area contributed by atoms with E-state index in [1.54, 1.807) is 19.2 Å². The van der Waals surface area contributed by atoms with E-state index in [2.05, 4.69) is 25.6 Å². The molecule has 11 heteroatoms. The first-order valence-corrected chi connectivity index (χ1v) is 8.36. The van der Waals surface area contributed by atoms with Crippen LogP contribution >= 0.6 is 0 Å². The second-order valence-electron chi connectivity index (χ2n) is 6.15. The summed E-state index contributed by atoms with van der Waals surface area (Å²) < 4.78 is 78.9. The highest BCUT2D eigenvalue weighted by atomic mass is 19.4. The van der Waals surface area contributed by atoms with E-state index in [9.17, 15) is 26.3 Å². The Labute approximate surface area is 161 Å². The minimum absolute atomic E-state index is 0.0161. The lowest BCUT2D eigenvalue weighted by Gasteiger charge is -2.23. The summed E-state index contributed by atoms with van der Waals surface area (Å²) in [6.07, 6.45) is -7.52. The number of rotatable bonds is 5. The Morgan fingerprint density at radius 2 is 1.66 bits per heavy atom. The van der Waals surface area contributed by atoms with Crippen molar-refractivity contribution in [1.82, 2.24) is 20.3 Å². The molecule has 1 aromatic carbocycles. The monoisotopic (exact) mass is 415 g/mol. The fraction of sp³-hybridized carbons (Fsp3) is 0.278. The van der Waals surface area contributed by atoms with Gasteiger partial charge in [0, 0.05) is 12.7 Å². The van der Waals surface area contributed by atoms with Gasteiger partial charge in [-0.1, -0.05) is 6.07 Å². The number of likely N-dealkylation sites (N-methyl/N-ethyl adjacent to an activating group) is 1. The molecule has 2 aromatic heterocycles. The van der Waals surface area contributed by atoms with Crippen LogP contribution in [0.1, 0.15) is 22.7 Å². The molecule has 154 valence electrons. The van der Waals surface area contributed by atoms with Crippen molar-refractivity contribution < 1.29 is 26.3 Å². The third kappa shape index (κ3) is 4.56. The largest absolute Gasteiger partial charge is 0.417 e. The normalized spacial score (nSPS) is 13.5. The highest BCUT2D eigenvalue weighted by Crippen LogP contribution is 2.41. The molecule has 3 aromatic rings. The van der Waals surface area contributed by atoms with Crippen LogP contribution in [0.2, 0.25) is 0 Å². The summed E-state index contributed by atoms with van der Waals surface area (Å²) in [7, 11) is 1.57. The molecule has 0 saturated heterocycles. The summed E-state index contributed by atoms with van der Waals surface area (Å²) in [5.41, 5.74) is -2.56. The van der Waals surface area contributed by atoms with Crippen molar-refractivity contribution in [3.05, 3.63) is 59.5 Å². The summed E-state index contributed by atoms with van der Waals surface area (Å²) >= 11 is 0. The lowest BCUT2D eigenvalue weighted by atomic mass is 9.98. The first kappa shape index (κ1) is 20.8. The topological polar surface area (TPSA) is 62.7 Å². The third-order valence-electron chi connectivity index (χ3n) is 4.17. The van der Waals surface area contributed by atoms with Crippen molar-refractivity contribution in [3.8, 4) is 0 Å². The van der Waals surface area contributed by atoms with Gasteiger partial charge in [0.25, 0.3) is 0 Å². The Morgan fingerprint density at radius 1 is 0.931 bits per heavy atom. The van der Waals surface area contributed by atoms with Crippen LogP contribution in [0.4, 0.5) is 32.2 Å². The predicted octanol–water partition coefficient (Wildman–Crippen LogP) is 4.44. The average Bonchev–Trinajstić information content (AvgIpc) is 2.66. The maximum Gasteiger partial charge on any atom is 0.417 e. The molecule has 5 nitrogen and oxygen atoms in total. The van der Waals surface area contributed by atoms with Gasteiger partial charge in [-0.3, -0.25) is 4.98 Å². The molecule has 0 saturated carbocycles. The van der Waals surface area contributed by atoms with Crippen LogP contribution < -0.4 is 10.6 Å². The van der Waals surface area contributed by atoms with Crippen LogP contribution in [0.3, 0.4) is 0 Å². The zero-order valence-corrected chi connectivity index (χ0v) is 14.9. The van der Waals surface area contributed by atoms with E-state index >= 15 is 0 Å². The molecule has 0 radical (unpaired) electrons. The Hall–Kier alpha value is -2.95. The molecule has 0 bridgehead atoms. The molecule has 29 heavy (non-hydrogen) atoms. The van der Waals surface area contributed by atoms with E-state index in [0.717, 1.165) is 6.07 Å². The molecular weight excluding hydrogens is 400 g/mol. The fourth-order valence-electron chi connectivity index (χ4n) is 2.88. The maximum atomic E-state index is 13.3.